The van der Waals surface area contributed by atoms with Crippen molar-refractivity contribution in [2.75, 3.05) is 24.6 Å². The summed E-state index contributed by atoms with van der Waals surface area (Å²) in [6, 6.07) is 3.41. The summed E-state index contributed by atoms with van der Waals surface area (Å²) in [6.45, 7) is 1.54. The lowest BCUT2D eigenvalue weighted by atomic mass is 9.84. The van der Waals surface area contributed by atoms with E-state index in [2.05, 4.69) is 15.5 Å². The molecule has 3 heterocycles. The van der Waals surface area contributed by atoms with Crippen LogP contribution in [0.1, 0.15) is 57.9 Å². The molecule has 3 N–H and O–H groups in total. The van der Waals surface area contributed by atoms with E-state index in [0.717, 1.165) is 18.5 Å². The van der Waals surface area contributed by atoms with E-state index in [1.54, 1.807) is 12.1 Å². The molecule has 0 aromatic heterocycles. The number of carbonyl (C=O) groups is 4. The van der Waals surface area contributed by atoms with Gasteiger partial charge in [-0.1, -0.05) is 0 Å². The van der Waals surface area contributed by atoms with Crippen molar-refractivity contribution in [3.63, 3.8) is 0 Å². The smallest absolute Gasteiger partial charge is 0.259 e. The number of anilines is 1. The molecular weight excluding hydrogens is 350 g/mol. The molecule has 1 aromatic rings. The number of benzene rings is 1. The summed E-state index contributed by atoms with van der Waals surface area (Å²) in [5.74, 6) is -2.12. The minimum Gasteiger partial charge on any atom is -0.396 e. The minimum atomic E-state index is -0.653. The topological polar surface area (TPSA) is 116 Å². The fraction of sp³-hybridized carbons (Fsp3) is 0.474. The standard InChI is InChI=1S/C19H21N3O5/c23-9-10-5-7-22(8-6-10)13-3-1-12-16(19(27)21-18(12)26)15(13)11-2-4-14(24)20-17(11)25/h1,3,10-11,23H,2,4-9H2,(H,20,24,25)(H,21,26,27). The number of piperidine rings is 2. The molecule has 0 radical (unpaired) electrons. The Kier molecular flexibility index (Phi) is 4.43. The molecule has 0 saturated carbocycles. The maximum absolute atomic E-state index is 12.5. The minimum absolute atomic E-state index is 0.148. The van der Waals surface area contributed by atoms with Crippen molar-refractivity contribution >= 4 is 29.3 Å². The van der Waals surface area contributed by atoms with Gasteiger partial charge in [0.1, 0.15) is 0 Å². The van der Waals surface area contributed by atoms with Gasteiger partial charge in [0.2, 0.25) is 11.8 Å². The summed E-state index contributed by atoms with van der Waals surface area (Å²) in [5.41, 5.74) is 1.80. The lowest BCUT2D eigenvalue weighted by molar-refractivity contribution is -0.134. The molecule has 2 fully saturated rings. The van der Waals surface area contributed by atoms with Crippen molar-refractivity contribution in [1.29, 1.82) is 0 Å². The third kappa shape index (κ3) is 2.99. The SMILES string of the molecule is O=C1CCC(c2c(N3CCC(CO)CC3)ccc3c2C(=O)NC3=O)C(=O)N1. The average molecular weight is 371 g/mol. The van der Waals surface area contributed by atoms with Crippen LogP contribution in [0.25, 0.3) is 0 Å². The van der Waals surface area contributed by atoms with E-state index in [-0.39, 0.29) is 36.0 Å². The van der Waals surface area contributed by atoms with Crippen molar-refractivity contribution < 1.29 is 24.3 Å². The number of hydrogen-bond acceptors (Lipinski definition) is 6. The van der Waals surface area contributed by atoms with Crippen LogP contribution in [0.15, 0.2) is 12.1 Å². The third-order valence-electron chi connectivity index (χ3n) is 5.72. The van der Waals surface area contributed by atoms with E-state index in [1.807, 2.05) is 0 Å². The molecule has 142 valence electrons. The van der Waals surface area contributed by atoms with Gasteiger partial charge in [0.25, 0.3) is 11.8 Å². The zero-order chi connectivity index (χ0) is 19.1. The van der Waals surface area contributed by atoms with E-state index in [0.29, 0.717) is 25.1 Å². The lowest BCUT2D eigenvalue weighted by Crippen LogP contribution is -2.41. The summed E-state index contributed by atoms with van der Waals surface area (Å²) in [6.07, 6.45) is 2.13. The normalized spacial score (nSPS) is 23.3. The molecule has 3 aliphatic rings. The summed E-state index contributed by atoms with van der Waals surface area (Å²) >= 11 is 0. The fourth-order valence-electron chi connectivity index (χ4n) is 4.23. The largest absolute Gasteiger partial charge is 0.396 e. The van der Waals surface area contributed by atoms with Gasteiger partial charge in [0.15, 0.2) is 0 Å². The van der Waals surface area contributed by atoms with Gasteiger partial charge >= 0.3 is 0 Å². The predicted octanol–water partition coefficient (Wildman–Crippen LogP) is 0.299. The first-order valence-electron chi connectivity index (χ1n) is 9.21. The summed E-state index contributed by atoms with van der Waals surface area (Å²) in [5, 5.41) is 14.0. The number of carbonyl (C=O) groups excluding carboxylic acids is 4. The van der Waals surface area contributed by atoms with Crippen LogP contribution in [0, 0.1) is 5.92 Å². The van der Waals surface area contributed by atoms with Crippen LogP contribution < -0.4 is 15.5 Å². The van der Waals surface area contributed by atoms with Gasteiger partial charge in [-0.05, 0) is 37.3 Å². The van der Waals surface area contributed by atoms with Gasteiger partial charge in [-0.3, -0.25) is 29.8 Å². The molecule has 4 amide bonds. The van der Waals surface area contributed by atoms with Crippen molar-refractivity contribution in [2.24, 2.45) is 5.92 Å². The zero-order valence-corrected chi connectivity index (χ0v) is 14.8. The van der Waals surface area contributed by atoms with Crippen LogP contribution >= 0.6 is 0 Å². The van der Waals surface area contributed by atoms with E-state index in [1.165, 1.54) is 0 Å². The second kappa shape index (κ2) is 6.77. The highest BCUT2D eigenvalue weighted by molar-refractivity contribution is 6.23. The predicted molar refractivity (Wildman–Crippen MR) is 95.4 cm³/mol. The van der Waals surface area contributed by atoms with Crippen LogP contribution in [-0.4, -0.2) is 48.4 Å². The van der Waals surface area contributed by atoms with Crippen LogP contribution in [-0.2, 0) is 9.59 Å². The summed E-state index contributed by atoms with van der Waals surface area (Å²) in [4.78, 5) is 50.7. The van der Waals surface area contributed by atoms with Crippen molar-refractivity contribution in [3.8, 4) is 0 Å². The molecule has 27 heavy (non-hydrogen) atoms. The van der Waals surface area contributed by atoms with Crippen LogP contribution in [0.4, 0.5) is 5.69 Å². The van der Waals surface area contributed by atoms with E-state index < -0.39 is 23.6 Å². The van der Waals surface area contributed by atoms with E-state index in [9.17, 15) is 24.3 Å². The molecule has 8 nitrogen and oxygen atoms in total. The van der Waals surface area contributed by atoms with E-state index in [4.69, 9.17) is 0 Å². The lowest BCUT2D eigenvalue weighted by Gasteiger charge is -2.36. The van der Waals surface area contributed by atoms with Gasteiger partial charge in [-0.25, -0.2) is 0 Å². The Hall–Kier alpha value is -2.74. The highest BCUT2D eigenvalue weighted by Gasteiger charge is 2.39. The maximum Gasteiger partial charge on any atom is 0.259 e. The molecule has 0 bridgehead atoms. The number of amides is 4. The molecule has 4 rings (SSSR count). The Bertz CT molecular complexity index is 842. The Morgan fingerprint density at radius 3 is 2.41 bits per heavy atom. The Morgan fingerprint density at radius 1 is 1.00 bits per heavy atom. The van der Waals surface area contributed by atoms with Gasteiger partial charge in [0, 0.05) is 37.4 Å². The van der Waals surface area contributed by atoms with E-state index >= 15 is 0 Å². The molecule has 0 aliphatic carbocycles. The maximum atomic E-state index is 12.5. The molecule has 0 spiro atoms. The number of rotatable bonds is 3. The Labute approximate surface area is 155 Å². The zero-order valence-electron chi connectivity index (χ0n) is 14.8. The van der Waals surface area contributed by atoms with Gasteiger partial charge < -0.3 is 10.0 Å². The molecule has 3 aliphatic heterocycles. The number of imide groups is 2. The number of aliphatic hydroxyl groups excluding tert-OH is 1. The molecule has 1 aromatic carbocycles. The van der Waals surface area contributed by atoms with Gasteiger partial charge in [-0.15, -0.1) is 0 Å². The highest BCUT2D eigenvalue weighted by Crippen LogP contribution is 2.39. The van der Waals surface area contributed by atoms with Gasteiger partial charge in [-0.2, -0.15) is 0 Å². The summed E-state index contributed by atoms with van der Waals surface area (Å²) in [7, 11) is 0. The first-order valence-corrected chi connectivity index (χ1v) is 9.21. The molecule has 1 unspecified atom stereocenters. The van der Waals surface area contributed by atoms with Gasteiger partial charge in [0.05, 0.1) is 17.0 Å². The first kappa shape index (κ1) is 17.7. The number of hydrogen-bond donors (Lipinski definition) is 3. The number of nitrogens with one attached hydrogen (secondary N) is 2. The monoisotopic (exact) mass is 371 g/mol. The average Bonchev–Trinajstić information content (AvgIpc) is 2.95. The number of aliphatic hydroxyl groups is 1. The summed E-state index contributed by atoms with van der Waals surface area (Å²) < 4.78 is 0. The second-order valence-electron chi connectivity index (χ2n) is 7.32. The molecule has 1 atom stereocenters. The molecular formula is C19H21N3O5. The molecule has 2 saturated heterocycles. The Morgan fingerprint density at radius 2 is 1.74 bits per heavy atom. The van der Waals surface area contributed by atoms with Crippen molar-refractivity contribution in [2.45, 2.75) is 31.6 Å². The quantitative estimate of drug-likeness (QED) is 0.658. The molecule has 8 heteroatoms. The third-order valence-corrected chi connectivity index (χ3v) is 5.72. The van der Waals surface area contributed by atoms with Crippen molar-refractivity contribution in [3.05, 3.63) is 28.8 Å². The number of nitrogens with zero attached hydrogens (tertiary/aromatic N) is 1. The fourth-order valence-corrected chi connectivity index (χ4v) is 4.23. The van der Waals surface area contributed by atoms with Crippen LogP contribution in [0.3, 0.4) is 0 Å². The van der Waals surface area contributed by atoms with Crippen LogP contribution in [0.5, 0.6) is 0 Å². The van der Waals surface area contributed by atoms with Crippen molar-refractivity contribution in [1.82, 2.24) is 10.6 Å². The van der Waals surface area contributed by atoms with Crippen LogP contribution in [0.2, 0.25) is 0 Å². The second-order valence-corrected chi connectivity index (χ2v) is 7.32. The highest BCUT2D eigenvalue weighted by atomic mass is 16.3. The Balaban J connectivity index is 1.79. The first-order chi connectivity index (χ1) is 13.0. The number of fused-ring (bicyclic) bond motifs is 1.